The average molecular weight is 180 g/mol. The van der Waals surface area contributed by atoms with E-state index in [2.05, 4.69) is 26.0 Å². The minimum atomic E-state index is -0.833. The van der Waals surface area contributed by atoms with Gasteiger partial charge in [-0.2, -0.15) is 0 Å². The van der Waals surface area contributed by atoms with Crippen LogP contribution in [0.2, 0.25) is 0 Å². The molecule has 0 saturated carbocycles. The number of carbonyl (C=O) groups is 1. The van der Waals surface area contributed by atoms with Gasteiger partial charge in [0.25, 0.3) is 5.97 Å². The Hall–Kier alpha value is -1.51. The molecule has 2 rings (SSSR count). The molecule has 2 aromatic rings. The lowest BCUT2D eigenvalue weighted by atomic mass is 10.2. The third-order valence-corrected chi connectivity index (χ3v) is 1.65. The van der Waals surface area contributed by atoms with Crippen LogP contribution >= 0.6 is 0 Å². The van der Waals surface area contributed by atoms with E-state index in [4.69, 9.17) is 14.3 Å². The van der Waals surface area contributed by atoms with Crippen molar-refractivity contribution in [1.29, 1.82) is 0 Å². The Morgan fingerprint density at radius 1 is 1.31 bits per heavy atom. The molecular weight excluding hydrogens is 168 g/mol. The third kappa shape index (κ3) is 2.21. The first-order valence-corrected chi connectivity index (χ1v) is 3.99. The highest BCUT2D eigenvalue weighted by Gasteiger charge is 2.05. The number of aryl methyl sites for hydroxylation is 2. The van der Waals surface area contributed by atoms with E-state index in [-0.39, 0.29) is 0 Å². The summed E-state index contributed by atoms with van der Waals surface area (Å²) in [6, 6.07) is 4.12. The minimum absolute atomic E-state index is 0.833. The summed E-state index contributed by atoms with van der Waals surface area (Å²) in [6.07, 6.45) is 0. The number of furan rings is 2. The van der Waals surface area contributed by atoms with E-state index in [0.29, 0.717) is 0 Å². The highest BCUT2D eigenvalue weighted by molar-refractivity contribution is 5.70. The lowest BCUT2D eigenvalue weighted by Crippen LogP contribution is -1.78. The van der Waals surface area contributed by atoms with Gasteiger partial charge in [0.05, 0.1) is 0 Å². The van der Waals surface area contributed by atoms with Crippen molar-refractivity contribution in [3.8, 4) is 0 Å². The first kappa shape index (κ1) is 9.58. The molecule has 0 radical (unpaired) electrons. The van der Waals surface area contributed by atoms with Gasteiger partial charge in [-0.15, -0.1) is 0 Å². The fourth-order valence-corrected chi connectivity index (χ4v) is 1.25. The largest absolute Gasteiger partial charge is 0.481 e. The average Bonchev–Trinajstić information content (AvgIpc) is 2.42. The molecule has 0 aliphatic carbocycles. The topological polar surface area (TPSA) is 50.4 Å². The van der Waals surface area contributed by atoms with Crippen LogP contribution in [0.3, 0.4) is 0 Å². The summed E-state index contributed by atoms with van der Waals surface area (Å²) < 4.78 is 5.34. The summed E-state index contributed by atoms with van der Waals surface area (Å²) in [4.78, 5) is 9.00. The Labute approximate surface area is 76.3 Å². The first-order valence-electron chi connectivity index (χ1n) is 3.99. The first-order chi connectivity index (χ1) is 6.00. The number of aliphatic carboxylic acids is 1. The number of carboxylic acids is 1. The van der Waals surface area contributed by atoms with Gasteiger partial charge in [-0.05, 0) is 37.1 Å². The summed E-state index contributed by atoms with van der Waals surface area (Å²) in [5.74, 6) is -0.833. The van der Waals surface area contributed by atoms with Crippen LogP contribution in [0, 0.1) is 13.8 Å². The SMILES string of the molecule is CC(=O)O.Cc1cc2cc(C)c1o2. The second-order valence-corrected chi connectivity index (χ2v) is 3.01. The van der Waals surface area contributed by atoms with Crippen molar-refractivity contribution in [2.75, 3.05) is 0 Å². The van der Waals surface area contributed by atoms with Crippen LogP contribution < -0.4 is 0 Å². The Morgan fingerprint density at radius 2 is 1.69 bits per heavy atom. The maximum atomic E-state index is 9.00. The Morgan fingerprint density at radius 3 is 1.85 bits per heavy atom. The molecule has 13 heavy (non-hydrogen) atoms. The number of benzene rings is 1. The Balaban J connectivity index is 0.000000184. The highest BCUT2D eigenvalue weighted by Crippen LogP contribution is 2.25. The van der Waals surface area contributed by atoms with Crippen LogP contribution in [-0.4, -0.2) is 11.1 Å². The van der Waals surface area contributed by atoms with Crippen molar-refractivity contribution < 1.29 is 14.3 Å². The molecule has 0 aliphatic heterocycles. The molecular formula is C10H12O3. The molecule has 0 fully saturated rings. The fraction of sp³-hybridized carbons (Fsp3) is 0.300. The number of hydrogen-bond acceptors (Lipinski definition) is 2. The molecule has 0 spiro atoms. The van der Waals surface area contributed by atoms with E-state index in [1.54, 1.807) is 0 Å². The molecule has 0 atom stereocenters. The van der Waals surface area contributed by atoms with Crippen LogP contribution in [0.1, 0.15) is 18.1 Å². The van der Waals surface area contributed by atoms with Crippen molar-refractivity contribution in [1.82, 2.24) is 0 Å². The van der Waals surface area contributed by atoms with Gasteiger partial charge in [-0.3, -0.25) is 4.79 Å². The van der Waals surface area contributed by atoms with Crippen LogP contribution in [0.4, 0.5) is 0 Å². The minimum Gasteiger partial charge on any atom is -0.481 e. The zero-order chi connectivity index (χ0) is 10.0. The zero-order valence-corrected chi connectivity index (χ0v) is 7.92. The lowest BCUT2D eigenvalue weighted by Gasteiger charge is -1.84. The van der Waals surface area contributed by atoms with E-state index in [0.717, 1.165) is 18.1 Å². The van der Waals surface area contributed by atoms with E-state index in [1.807, 2.05) is 0 Å². The monoisotopic (exact) mass is 180 g/mol. The van der Waals surface area contributed by atoms with Gasteiger partial charge in [0.2, 0.25) is 0 Å². The molecule has 3 nitrogen and oxygen atoms in total. The molecule has 0 aromatic carbocycles. The summed E-state index contributed by atoms with van der Waals surface area (Å²) in [6.45, 7) is 5.22. The summed E-state index contributed by atoms with van der Waals surface area (Å²) in [5.41, 5.74) is 4.57. The third-order valence-electron chi connectivity index (χ3n) is 1.65. The normalized spacial score (nSPS) is 9.77. The predicted octanol–water partition coefficient (Wildman–Crippen LogP) is 2.58. The van der Waals surface area contributed by atoms with Crippen LogP contribution in [-0.2, 0) is 4.79 Å². The van der Waals surface area contributed by atoms with Gasteiger partial charge >= 0.3 is 0 Å². The zero-order valence-electron chi connectivity index (χ0n) is 7.92. The van der Waals surface area contributed by atoms with Crippen molar-refractivity contribution >= 4 is 17.1 Å². The lowest BCUT2D eigenvalue weighted by molar-refractivity contribution is -0.134. The molecule has 3 heteroatoms. The fourth-order valence-electron chi connectivity index (χ4n) is 1.25. The summed E-state index contributed by atoms with van der Waals surface area (Å²) >= 11 is 0. The standard InChI is InChI=1S/C8H8O.C2H4O2/c1-5-3-7-4-6(2)8(5)9-7;1-2(3)4/h3-4H,1-2H3;1H3,(H,3,4). The molecule has 1 N–H and O–H groups in total. The van der Waals surface area contributed by atoms with Crippen LogP contribution in [0.5, 0.6) is 0 Å². The van der Waals surface area contributed by atoms with Gasteiger partial charge < -0.3 is 9.52 Å². The molecule has 2 bridgehead atoms. The Kier molecular flexibility index (Phi) is 2.56. The molecule has 0 unspecified atom stereocenters. The number of rotatable bonds is 0. The van der Waals surface area contributed by atoms with Gasteiger partial charge in [0.1, 0.15) is 11.2 Å². The quantitative estimate of drug-likeness (QED) is 0.677. The predicted molar refractivity (Wildman–Crippen MR) is 50.2 cm³/mol. The molecule has 2 heterocycles. The van der Waals surface area contributed by atoms with Gasteiger partial charge in [0.15, 0.2) is 0 Å². The van der Waals surface area contributed by atoms with Gasteiger partial charge in [-0.1, -0.05) is 0 Å². The van der Waals surface area contributed by atoms with Crippen LogP contribution in [0.25, 0.3) is 11.2 Å². The second-order valence-electron chi connectivity index (χ2n) is 3.01. The van der Waals surface area contributed by atoms with Crippen molar-refractivity contribution in [2.24, 2.45) is 0 Å². The molecule has 0 aliphatic rings. The summed E-state index contributed by atoms with van der Waals surface area (Å²) in [5, 5.41) is 7.42. The maximum Gasteiger partial charge on any atom is 0.300 e. The smallest absolute Gasteiger partial charge is 0.300 e. The molecule has 70 valence electrons. The second kappa shape index (κ2) is 3.47. The van der Waals surface area contributed by atoms with E-state index in [1.165, 1.54) is 11.1 Å². The van der Waals surface area contributed by atoms with Crippen LogP contribution in [0.15, 0.2) is 16.5 Å². The Bertz CT molecular complexity index is 370. The van der Waals surface area contributed by atoms with E-state index < -0.39 is 5.97 Å². The van der Waals surface area contributed by atoms with E-state index >= 15 is 0 Å². The van der Waals surface area contributed by atoms with Gasteiger partial charge in [-0.25, -0.2) is 0 Å². The van der Waals surface area contributed by atoms with Crippen molar-refractivity contribution in [2.45, 2.75) is 20.8 Å². The van der Waals surface area contributed by atoms with Gasteiger partial charge in [0, 0.05) is 6.92 Å². The van der Waals surface area contributed by atoms with Crippen molar-refractivity contribution in [3.63, 3.8) is 0 Å². The number of hydrogen-bond donors (Lipinski definition) is 1. The molecule has 0 saturated heterocycles. The molecule has 2 aromatic heterocycles. The molecule has 0 amide bonds. The number of fused-ring (bicyclic) bond motifs is 2. The van der Waals surface area contributed by atoms with E-state index in [9.17, 15) is 0 Å². The maximum absolute atomic E-state index is 9.00. The number of carboxylic acid groups (broad SMARTS) is 1. The summed E-state index contributed by atoms with van der Waals surface area (Å²) in [7, 11) is 0. The highest BCUT2D eigenvalue weighted by atomic mass is 16.4. The van der Waals surface area contributed by atoms with Crippen molar-refractivity contribution in [3.05, 3.63) is 23.3 Å².